The molecule has 4 heteroatoms. The van der Waals surface area contributed by atoms with Crippen LogP contribution in [0, 0.1) is 0 Å². The molecule has 0 aromatic rings. The van der Waals surface area contributed by atoms with Crippen molar-refractivity contribution in [1.82, 2.24) is 0 Å². The van der Waals surface area contributed by atoms with Crippen LogP contribution in [-0.4, -0.2) is 21.2 Å². The molecule has 0 spiro atoms. The zero-order valence-electron chi connectivity index (χ0n) is 6.11. The van der Waals surface area contributed by atoms with E-state index in [0.29, 0.717) is 5.52 Å². The van der Waals surface area contributed by atoms with Crippen LogP contribution in [0.1, 0.15) is 6.92 Å². The van der Waals surface area contributed by atoms with E-state index in [-0.39, 0.29) is 0 Å². The summed E-state index contributed by atoms with van der Waals surface area (Å²) < 4.78 is 10.6. The van der Waals surface area contributed by atoms with Crippen molar-refractivity contribution in [2.45, 2.75) is 19.5 Å². The van der Waals surface area contributed by atoms with E-state index in [2.05, 4.69) is 22.9 Å². The topological polar surface area (TPSA) is 18.5 Å². The molecule has 0 aliphatic carbocycles. The van der Waals surface area contributed by atoms with E-state index < -0.39 is 8.56 Å². The van der Waals surface area contributed by atoms with E-state index >= 15 is 0 Å². The fourth-order valence-corrected chi connectivity index (χ4v) is 2.71. The van der Waals surface area contributed by atoms with Gasteiger partial charge in [0.25, 0.3) is 0 Å². The Morgan fingerprint density at radius 3 is 2.22 bits per heavy atom. The Hall–Kier alpha value is 0.617. The first kappa shape index (κ1) is 9.62. The molecule has 0 aromatic heterocycles. The smallest absolute Gasteiger partial charge is 0.335 e. The predicted octanol–water partition coefficient (Wildman–Crippen LogP) is 2.09. The summed E-state index contributed by atoms with van der Waals surface area (Å²) in [5, 5.41) is 0. The lowest BCUT2D eigenvalue weighted by atomic mass is 11.0. The van der Waals surface area contributed by atoms with Crippen molar-refractivity contribution < 1.29 is 8.85 Å². The molecule has 0 aromatic carbocycles. The molecule has 0 N–H and O–H groups in total. The maximum atomic E-state index is 5.36. The van der Waals surface area contributed by atoms with Crippen LogP contribution in [0.15, 0.2) is 0 Å². The van der Waals surface area contributed by atoms with Gasteiger partial charge in [-0.25, -0.2) is 0 Å². The molecule has 0 saturated heterocycles. The van der Waals surface area contributed by atoms with E-state index in [4.69, 9.17) is 8.85 Å². The first-order valence-corrected chi connectivity index (χ1v) is 6.58. The fourth-order valence-electron chi connectivity index (χ4n) is 0.421. The molecule has 2 nitrogen and oxygen atoms in total. The van der Waals surface area contributed by atoms with Gasteiger partial charge in [-0.3, -0.25) is 0 Å². The Labute approximate surface area is 65.9 Å². The van der Waals surface area contributed by atoms with E-state index in [1.807, 2.05) is 6.55 Å². The van der Waals surface area contributed by atoms with Gasteiger partial charge in [-0.1, -0.05) is 22.9 Å². The van der Waals surface area contributed by atoms with Crippen LogP contribution < -0.4 is 0 Å². The molecular weight excluding hydrogens is 200 g/mol. The van der Waals surface area contributed by atoms with Gasteiger partial charge in [0.15, 0.2) is 0 Å². The monoisotopic (exact) mass is 212 g/mol. The van der Waals surface area contributed by atoms with Crippen LogP contribution >= 0.6 is 15.9 Å². The molecule has 1 atom stereocenters. The Balaban J connectivity index is 3.62. The van der Waals surface area contributed by atoms with Gasteiger partial charge in [-0.2, -0.15) is 0 Å². The van der Waals surface area contributed by atoms with Crippen molar-refractivity contribution in [2.24, 2.45) is 0 Å². The summed E-state index contributed by atoms with van der Waals surface area (Å²) in [4.78, 5) is 0. The maximum absolute atomic E-state index is 5.36. The van der Waals surface area contributed by atoms with Gasteiger partial charge in [0.2, 0.25) is 0 Å². The van der Waals surface area contributed by atoms with Crippen LogP contribution in [0.2, 0.25) is 12.6 Å². The SMILES string of the molecule is CC[Si](C)(OC)OCBr. The molecule has 0 saturated carbocycles. The first-order valence-electron chi connectivity index (χ1n) is 2.93. The van der Waals surface area contributed by atoms with Crippen LogP contribution in [0.25, 0.3) is 0 Å². The van der Waals surface area contributed by atoms with E-state index in [1.165, 1.54) is 0 Å². The lowest BCUT2D eigenvalue weighted by Gasteiger charge is -2.21. The minimum absolute atomic E-state index is 0.581. The third-order valence-electron chi connectivity index (χ3n) is 1.43. The highest BCUT2D eigenvalue weighted by Gasteiger charge is 2.26. The summed E-state index contributed by atoms with van der Waals surface area (Å²) in [6.45, 7) is 4.13. The van der Waals surface area contributed by atoms with E-state index in [9.17, 15) is 0 Å². The minimum atomic E-state index is -1.74. The molecule has 56 valence electrons. The summed E-state index contributed by atoms with van der Waals surface area (Å²) in [5.41, 5.74) is 0.581. The zero-order chi connectivity index (χ0) is 7.33. The standard InChI is InChI=1S/C5H13BrO2Si/c1-4-9(3,7-2)8-5-6/h4-5H2,1-3H3. The van der Waals surface area contributed by atoms with Crippen molar-refractivity contribution in [3.8, 4) is 0 Å². The number of rotatable bonds is 4. The quantitative estimate of drug-likeness (QED) is 0.526. The predicted molar refractivity (Wildman–Crippen MR) is 44.0 cm³/mol. The van der Waals surface area contributed by atoms with E-state index in [0.717, 1.165) is 6.04 Å². The van der Waals surface area contributed by atoms with Gasteiger partial charge in [0, 0.05) is 7.11 Å². The molecule has 0 amide bonds. The Kier molecular flexibility index (Phi) is 4.74. The summed E-state index contributed by atoms with van der Waals surface area (Å²) in [6, 6.07) is 0.995. The summed E-state index contributed by atoms with van der Waals surface area (Å²) >= 11 is 3.20. The average Bonchev–Trinajstić information content (AvgIpc) is 1.89. The van der Waals surface area contributed by atoms with Crippen LogP contribution in [0.4, 0.5) is 0 Å². The molecule has 0 rings (SSSR count). The van der Waals surface area contributed by atoms with Crippen molar-refractivity contribution in [3.63, 3.8) is 0 Å². The normalized spacial score (nSPS) is 17.3. The van der Waals surface area contributed by atoms with Gasteiger partial charge in [0.1, 0.15) is 0 Å². The van der Waals surface area contributed by atoms with Crippen molar-refractivity contribution >= 4 is 24.5 Å². The second kappa shape index (κ2) is 4.44. The zero-order valence-corrected chi connectivity index (χ0v) is 8.69. The summed E-state index contributed by atoms with van der Waals surface area (Å²) in [6.07, 6.45) is 0. The number of halogens is 1. The van der Waals surface area contributed by atoms with Crippen LogP contribution in [-0.2, 0) is 8.85 Å². The maximum Gasteiger partial charge on any atom is 0.335 e. The molecule has 0 heterocycles. The van der Waals surface area contributed by atoms with Crippen LogP contribution in [0.3, 0.4) is 0 Å². The first-order chi connectivity index (χ1) is 4.18. The second-order valence-electron chi connectivity index (χ2n) is 1.94. The highest BCUT2D eigenvalue weighted by Crippen LogP contribution is 2.11. The highest BCUT2D eigenvalue weighted by atomic mass is 79.9. The number of hydrogen-bond acceptors (Lipinski definition) is 2. The molecule has 1 unspecified atom stereocenters. The largest absolute Gasteiger partial charge is 0.398 e. The van der Waals surface area contributed by atoms with Gasteiger partial charge < -0.3 is 8.85 Å². The van der Waals surface area contributed by atoms with Gasteiger partial charge in [-0.05, 0) is 12.6 Å². The Bertz CT molecular complexity index is 75.4. The lowest BCUT2D eigenvalue weighted by molar-refractivity contribution is 0.244. The second-order valence-corrected chi connectivity index (χ2v) is 6.07. The summed E-state index contributed by atoms with van der Waals surface area (Å²) in [7, 11) is -0.0375. The number of hydrogen-bond donors (Lipinski definition) is 0. The van der Waals surface area contributed by atoms with Gasteiger partial charge in [-0.15, -0.1) is 0 Å². The third-order valence-corrected chi connectivity index (χ3v) is 4.99. The van der Waals surface area contributed by atoms with E-state index in [1.54, 1.807) is 7.11 Å². The summed E-state index contributed by atoms with van der Waals surface area (Å²) in [5.74, 6) is 0. The highest BCUT2D eigenvalue weighted by molar-refractivity contribution is 9.09. The molecule has 0 aliphatic rings. The minimum Gasteiger partial charge on any atom is -0.398 e. The average molecular weight is 213 g/mol. The molecule has 0 radical (unpaired) electrons. The molecule has 0 fully saturated rings. The molecule has 9 heavy (non-hydrogen) atoms. The van der Waals surface area contributed by atoms with Crippen molar-refractivity contribution in [3.05, 3.63) is 0 Å². The molecular formula is C5H13BrO2Si. The van der Waals surface area contributed by atoms with Gasteiger partial charge in [0.05, 0.1) is 5.52 Å². The van der Waals surface area contributed by atoms with Crippen LogP contribution in [0.5, 0.6) is 0 Å². The van der Waals surface area contributed by atoms with Gasteiger partial charge >= 0.3 is 8.56 Å². The van der Waals surface area contributed by atoms with Crippen molar-refractivity contribution in [2.75, 3.05) is 12.6 Å². The fraction of sp³-hybridized carbons (Fsp3) is 1.00. The molecule has 0 bridgehead atoms. The van der Waals surface area contributed by atoms with Crippen molar-refractivity contribution in [1.29, 1.82) is 0 Å². The Morgan fingerprint density at radius 2 is 2.11 bits per heavy atom. The third kappa shape index (κ3) is 3.35. The Morgan fingerprint density at radius 1 is 1.56 bits per heavy atom. The number of alkyl halides is 1. The molecule has 0 aliphatic heterocycles. The lowest BCUT2D eigenvalue weighted by Crippen LogP contribution is -2.35.